The number of hydrogen-bond acceptors (Lipinski definition) is 9. The SMILES string of the molecule is O=C(NCCCN1CCOCC1)c1csc(CSc2nnc(-c3ccco3)n2-c2cc(Cl)ccc2Cl)n1. The van der Waals surface area contributed by atoms with Gasteiger partial charge >= 0.3 is 0 Å². The second-order valence-corrected chi connectivity index (χ2v) is 10.9. The number of morpholine rings is 1. The Morgan fingerprint density at radius 2 is 2.05 bits per heavy atom. The van der Waals surface area contributed by atoms with Crippen molar-refractivity contribution >= 4 is 52.2 Å². The summed E-state index contributed by atoms with van der Waals surface area (Å²) in [4.78, 5) is 19.4. The van der Waals surface area contributed by atoms with Crippen molar-refractivity contribution in [2.45, 2.75) is 17.3 Å². The number of carbonyl (C=O) groups excluding carboxylic acids is 1. The molecule has 1 amide bonds. The second kappa shape index (κ2) is 12.4. The van der Waals surface area contributed by atoms with Gasteiger partial charge in [0.1, 0.15) is 10.7 Å². The molecule has 5 rings (SSSR count). The molecular weight excluding hydrogens is 555 g/mol. The first-order chi connectivity index (χ1) is 18.1. The van der Waals surface area contributed by atoms with E-state index in [1.807, 2.05) is 4.57 Å². The van der Waals surface area contributed by atoms with E-state index in [9.17, 15) is 4.79 Å². The molecular formula is C24H24Cl2N6O3S2. The minimum Gasteiger partial charge on any atom is -0.461 e. The van der Waals surface area contributed by atoms with Gasteiger partial charge in [-0.2, -0.15) is 0 Å². The summed E-state index contributed by atoms with van der Waals surface area (Å²) in [5.74, 6) is 1.40. The standard InChI is InChI=1S/C24H24Cl2N6O3S2/c25-16-4-5-17(26)19(13-16)32-22(20-3-1-10-35-20)29-30-24(32)37-15-21-28-18(14-36-21)23(33)27-6-2-7-31-8-11-34-12-9-31/h1,3-5,10,13-14H,2,6-9,11-12,15H2,(H,27,33). The Balaban J connectivity index is 1.23. The predicted octanol–water partition coefficient (Wildman–Crippen LogP) is 5.04. The highest BCUT2D eigenvalue weighted by molar-refractivity contribution is 7.98. The van der Waals surface area contributed by atoms with Crippen LogP contribution in [0.3, 0.4) is 0 Å². The van der Waals surface area contributed by atoms with Crippen molar-refractivity contribution in [3.05, 3.63) is 62.7 Å². The molecule has 4 aromatic rings. The highest BCUT2D eigenvalue weighted by Crippen LogP contribution is 2.34. The summed E-state index contributed by atoms with van der Waals surface area (Å²) in [5, 5.41) is 15.9. The molecule has 37 heavy (non-hydrogen) atoms. The average Bonchev–Trinajstić information content (AvgIpc) is 3.68. The van der Waals surface area contributed by atoms with Crippen molar-refractivity contribution in [1.29, 1.82) is 0 Å². The minimum absolute atomic E-state index is 0.163. The van der Waals surface area contributed by atoms with E-state index in [4.69, 9.17) is 32.4 Å². The summed E-state index contributed by atoms with van der Waals surface area (Å²) < 4.78 is 12.7. The molecule has 0 saturated carbocycles. The lowest BCUT2D eigenvalue weighted by Gasteiger charge is -2.26. The normalized spacial score (nSPS) is 14.2. The zero-order valence-corrected chi connectivity index (χ0v) is 22.9. The Morgan fingerprint density at radius 1 is 1.19 bits per heavy atom. The smallest absolute Gasteiger partial charge is 0.270 e. The van der Waals surface area contributed by atoms with Crippen LogP contribution >= 0.6 is 46.3 Å². The van der Waals surface area contributed by atoms with E-state index in [0.29, 0.717) is 50.5 Å². The second-order valence-electron chi connectivity index (χ2n) is 8.19. The Hall–Kier alpha value is -2.41. The van der Waals surface area contributed by atoms with E-state index < -0.39 is 0 Å². The van der Waals surface area contributed by atoms with Gasteiger partial charge in [-0.15, -0.1) is 21.5 Å². The fraction of sp³-hybridized carbons (Fsp3) is 0.333. The summed E-state index contributed by atoms with van der Waals surface area (Å²) >= 11 is 15.6. The van der Waals surface area contributed by atoms with Crippen LogP contribution in [-0.4, -0.2) is 69.9 Å². The molecule has 4 heterocycles. The third kappa shape index (κ3) is 6.54. The molecule has 13 heteroatoms. The van der Waals surface area contributed by atoms with Crippen molar-refractivity contribution < 1.29 is 13.9 Å². The van der Waals surface area contributed by atoms with E-state index in [2.05, 4.69) is 25.4 Å². The van der Waals surface area contributed by atoms with Crippen LogP contribution in [0.2, 0.25) is 10.0 Å². The first kappa shape index (κ1) is 26.2. The molecule has 0 unspecified atom stereocenters. The van der Waals surface area contributed by atoms with Gasteiger partial charge in [0.05, 0.1) is 35.9 Å². The molecule has 0 atom stereocenters. The number of rotatable bonds is 10. The number of hydrogen-bond donors (Lipinski definition) is 1. The van der Waals surface area contributed by atoms with E-state index in [1.54, 1.807) is 42.0 Å². The highest BCUT2D eigenvalue weighted by Gasteiger charge is 2.21. The predicted molar refractivity (Wildman–Crippen MR) is 145 cm³/mol. The van der Waals surface area contributed by atoms with Crippen molar-refractivity contribution in [3.63, 3.8) is 0 Å². The summed E-state index contributed by atoms with van der Waals surface area (Å²) in [6, 6.07) is 8.80. The van der Waals surface area contributed by atoms with Crippen LogP contribution in [0, 0.1) is 0 Å². The van der Waals surface area contributed by atoms with Gasteiger partial charge < -0.3 is 14.5 Å². The van der Waals surface area contributed by atoms with Gasteiger partial charge in [0.2, 0.25) is 5.82 Å². The van der Waals surface area contributed by atoms with Gasteiger partial charge in [0.25, 0.3) is 5.91 Å². The third-order valence-corrected chi connectivity index (χ3v) is 8.20. The number of nitrogens with zero attached hydrogens (tertiary/aromatic N) is 5. The first-order valence-electron chi connectivity index (χ1n) is 11.7. The number of thioether (sulfide) groups is 1. The molecule has 1 aromatic carbocycles. The molecule has 0 bridgehead atoms. The van der Waals surface area contributed by atoms with Crippen molar-refractivity contribution in [2.24, 2.45) is 0 Å². The molecule has 1 aliphatic rings. The van der Waals surface area contributed by atoms with Crippen LogP contribution in [0.1, 0.15) is 21.9 Å². The van der Waals surface area contributed by atoms with Gasteiger partial charge in [0.15, 0.2) is 10.9 Å². The van der Waals surface area contributed by atoms with E-state index in [1.165, 1.54) is 23.1 Å². The van der Waals surface area contributed by atoms with E-state index in [-0.39, 0.29) is 5.91 Å². The summed E-state index contributed by atoms with van der Waals surface area (Å²) in [5.41, 5.74) is 1.06. The number of carbonyl (C=O) groups is 1. The Morgan fingerprint density at radius 3 is 2.86 bits per heavy atom. The summed E-state index contributed by atoms with van der Waals surface area (Å²) in [6.07, 6.45) is 2.46. The van der Waals surface area contributed by atoms with Gasteiger partial charge in [-0.25, -0.2) is 4.98 Å². The average molecular weight is 580 g/mol. The molecule has 0 aliphatic carbocycles. The number of ether oxygens (including phenoxy) is 1. The molecule has 1 saturated heterocycles. The summed E-state index contributed by atoms with van der Waals surface area (Å²) in [6.45, 7) is 5.00. The topological polar surface area (TPSA) is 98.3 Å². The quantitative estimate of drug-likeness (QED) is 0.206. The van der Waals surface area contributed by atoms with Crippen LogP contribution in [0.4, 0.5) is 0 Å². The monoisotopic (exact) mass is 578 g/mol. The van der Waals surface area contributed by atoms with Crippen LogP contribution in [0.15, 0.2) is 51.5 Å². The maximum Gasteiger partial charge on any atom is 0.270 e. The van der Waals surface area contributed by atoms with Gasteiger partial charge in [-0.05, 0) is 43.3 Å². The Bertz CT molecular complexity index is 1340. The van der Waals surface area contributed by atoms with Crippen LogP contribution in [0.5, 0.6) is 0 Å². The third-order valence-electron chi connectivity index (χ3n) is 5.67. The Kier molecular flexibility index (Phi) is 8.80. The van der Waals surface area contributed by atoms with E-state index >= 15 is 0 Å². The number of benzene rings is 1. The zero-order valence-electron chi connectivity index (χ0n) is 19.7. The lowest BCUT2D eigenvalue weighted by atomic mass is 10.3. The fourth-order valence-corrected chi connectivity index (χ4v) is 5.94. The molecule has 0 radical (unpaired) electrons. The van der Waals surface area contributed by atoms with Crippen LogP contribution in [-0.2, 0) is 10.5 Å². The number of aromatic nitrogens is 4. The van der Waals surface area contributed by atoms with Gasteiger partial charge in [-0.3, -0.25) is 14.3 Å². The Labute approximate surface area is 232 Å². The fourth-order valence-electron chi connectivity index (χ4n) is 3.83. The lowest BCUT2D eigenvalue weighted by molar-refractivity contribution is 0.0374. The molecule has 0 spiro atoms. The number of nitrogens with one attached hydrogen (secondary N) is 1. The first-order valence-corrected chi connectivity index (χ1v) is 14.3. The summed E-state index contributed by atoms with van der Waals surface area (Å²) in [7, 11) is 0. The van der Waals surface area contributed by atoms with Crippen molar-refractivity contribution in [2.75, 3.05) is 39.4 Å². The van der Waals surface area contributed by atoms with Crippen molar-refractivity contribution in [1.82, 2.24) is 30.0 Å². The number of furan rings is 1. The van der Waals surface area contributed by atoms with Gasteiger partial charge in [0, 0.05) is 30.0 Å². The van der Waals surface area contributed by atoms with E-state index in [0.717, 1.165) is 44.3 Å². The number of amides is 1. The largest absolute Gasteiger partial charge is 0.461 e. The maximum absolute atomic E-state index is 12.6. The van der Waals surface area contributed by atoms with Gasteiger partial charge in [-0.1, -0.05) is 35.0 Å². The molecule has 1 aliphatic heterocycles. The molecule has 3 aromatic heterocycles. The number of thiazole rings is 1. The maximum atomic E-state index is 12.6. The molecule has 1 N–H and O–H groups in total. The van der Waals surface area contributed by atoms with Crippen molar-refractivity contribution in [3.8, 4) is 17.3 Å². The zero-order chi connectivity index (χ0) is 25.6. The van der Waals surface area contributed by atoms with Crippen LogP contribution in [0.25, 0.3) is 17.3 Å². The molecule has 9 nitrogen and oxygen atoms in total. The lowest BCUT2D eigenvalue weighted by Crippen LogP contribution is -2.38. The molecule has 194 valence electrons. The molecule has 1 fully saturated rings. The minimum atomic E-state index is -0.163. The highest BCUT2D eigenvalue weighted by atomic mass is 35.5. The number of halogens is 2. The van der Waals surface area contributed by atoms with Crippen LogP contribution < -0.4 is 5.32 Å².